The Bertz CT molecular complexity index is 281. The highest BCUT2D eigenvalue weighted by atomic mass is 16.5. The molecule has 0 aliphatic carbocycles. The fourth-order valence-corrected chi connectivity index (χ4v) is 2.18. The topological polar surface area (TPSA) is 72.6 Å². The van der Waals surface area contributed by atoms with E-state index in [0.29, 0.717) is 6.42 Å². The number of Topliss-reactive ketones (excluding diaryl/α,β-unsaturated/α-hetero) is 1. The fourth-order valence-electron chi connectivity index (χ4n) is 2.18. The van der Waals surface area contributed by atoms with E-state index in [1.54, 1.807) is 19.1 Å². The Morgan fingerprint density at radius 3 is 2.28 bits per heavy atom. The lowest BCUT2D eigenvalue weighted by atomic mass is 9.90. The predicted octanol–water partition coefficient (Wildman–Crippen LogP) is 0.812. The van der Waals surface area contributed by atoms with Gasteiger partial charge < -0.3 is 15.4 Å². The van der Waals surface area contributed by atoms with Crippen LogP contribution < -0.4 is 5.73 Å². The molecule has 0 aromatic carbocycles. The molecule has 0 unspecified atom stereocenters. The van der Waals surface area contributed by atoms with E-state index in [9.17, 15) is 9.59 Å². The number of amides is 1. The van der Waals surface area contributed by atoms with Crippen molar-refractivity contribution in [1.82, 2.24) is 4.90 Å². The molecule has 0 saturated heterocycles. The Morgan fingerprint density at radius 1 is 1.39 bits per heavy atom. The Morgan fingerprint density at radius 2 is 1.94 bits per heavy atom. The summed E-state index contributed by atoms with van der Waals surface area (Å²) in [5.74, 6) is 0.171. The average Bonchev–Trinajstić information content (AvgIpc) is 2.35. The molecule has 0 heterocycles. The Kier molecular flexibility index (Phi) is 7.78. The van der Waals surface area contributed by atoms with Crippen LogP contribution in [0.3, 0.4) is 0 Å². The van der Waals surface area contributed by atoms with Gasteiger partial charge >= 0.3 is 0 Å². The number of nitrogens with two attached hydrogens (primary N) is 1. The molecule has 0 aromatic rings. The minimum Gasteiger partial charge on any atom is -0.379 e. The standard InChI is InChI=1S/C13H26N2O3/c1-6-9(2)13(15(4)12(17)8-14)11(18-5)7-10(3)16/h9,11,13H,6-8,14H2,1-5H3/t9-,11+,13-/m0/s1. The summed E-state index contributed by atoms with van der Waals surface area (Å²) in [4.78, 5) is 24.6. The molecule has 5 heteroatoms. The molecule has 3 atom stereocenters. The largest absolute Gasteiger partial charge is 0.379 e. The Labute approximate surface area is 110 Å². The number of nitrogens with zero attached hydrogens (tertiary/aromatic N) is 1. The van der Waals surface area contributed by atoms with Gasteiger partial charge in [0.15, 0.2) is 0 Å². The summed E-state index contributed by atoms with van der Waals surface area (Å²) in [5, 5.41) is 0. The second-order valence-electron chi connectivity index (χ2n) is 4.77. The van der Waals surface area contributed by atoms with Crippen LogP contribution in [0.4, 0.5) is 0 Å². The Balaban J connectivity index is 5.05. The van der Waals surface area contributed by atoms with Gasteiger partial charge in [0.05, 0.1) is 18.7 Å². The van der Waals surface area contributed by atoms with E-state index in [1.807, 2.05) is 0 Å². The van der Waals surface area contributed by atoms with Crippen molar-refractivity contribution in [3.63, 3.8) is 0 Å². The zero-order valence-corrected chi connectivity index (χ0v) is 12.1. The van der Waals surface area contributed by atoms with Crippen LogP contribution in [0.25, 0.3) is 0 Å². The number of ketones is 1. The zero-order valence-electron chi connectivity index (χ0n) is 12.1. The molecule has 0 bridgehead atoms. The summed E-state index contributed by atoms with van der Waals surface area (Å²) in [6.45, 7) is 5.61. The number of methoxy groups -OCH3 is 1. The van der Waals surface area contributed by atoms with Gasteiger partial charge in [-0.1, -0.05) is 20.3 Å². The highest BCUT2D eigenvalue weighted by molar-refractivity contribution is 5.79. The van der Waals surface area contributed by atoms with E-state index in [1.165, 1.54) is 6.92 Å². The van der Waals surface area contributed by atoms with E-state index < -0.39 is 0 Å². The number of carbonyl (C=O) groups excluding carboxylic acids is 2. The summed E-state index contributed by atoms with van der Waals surface area (Å²) in [6, 6.07) is -0.125. The minimum absolute atomic E-state index is 0.0278. The quantitative estimate of drug-likeness (QED) is 0.699. The van der Waals surface area contributed by atoms with Crippen molar-refractivity contribution in [3.05, 3.63) is 0 Å². The van der Waals surface area contributed by atoms with E-state index in [0.717, 1.165) is 6.42 Å². The predicted molar refractivity (Wildman–Crippen MR) is 71.2 cm³/mol. The van der Waals surface area contributed by atoms with Crippen molar-refractivity contribution >= 4 is 11.7 Å². The molecule has 0 spiro atoms. The minimum atomic E-state index is -0.280. The van der Waals surface area contributed by atoms with Crippen molar-refractivity contribution in [3.8, 4) is 0 Å². The number of rotatable bonds is 8. The first-order valence-electron chi connectivity index (χ1n) is 6.36. The van der Waals surface area contributed by atoms with Gasteiger partial charge in [0, 0.05) is 20.6 Å². The van der Waals surface area contributed by atoms with Crippen LogP contribution in [0.2, 0.25) is 0 Å². The lowest BCUT2D eigenvalue weighted by Crippen LogP contribution is -2.51. The van der Waals surface area contributed by atoms with Crippen LogP contribution in [0.5, 0.6) is 0 Å². The number of likely N-dealkylation sites (N-methyl/N-ethyl adjacent to an activating group) is 1. The summed E-state index contributed by atoms with van der Waals surface area (Å²) in [6.07, 6.45) is 0.941. The smallest absolute Gasteiger partial charge is 0.236 e. The van der Waals surface area contributed by atoms with Gasteiger partial charge in [0.1, 0.15) is 5.78 Å². The van der Waals surface area contributed by atoms with Gasteiger partial charge in [-0.25, -0.2) is 0 Å². The van der Waals surface area contributed by atoms with Gasteiger partial charge in [-0.15, -0.1) is 0 Å². The normalized spacial score (nSPS) is 15.9. The first-order chi connectivity index (χ1) is 8.38. The molecular formula is C13H26N2O3. The van der Waals surface area contributed by atoms with Crippen molar-refractivity contribution in [2.24, 2.45) is 11.7 Å². The van der Waals surface area contributed by atoms with Gasteiger partial charge in [-0.2, -0.15) is 0 Å². The molecule has 0 rings (SSSR count). The monoisotopic (exact) mass is 258 g/mol. The summed E-state index contributed by atoms with van der Waals surface area (Å²) in [7, 11) is 3.29. The molecule has 5 nitrogen and oxygen atoms in total. The van der Waals surface area contributed by atoms with Gasteiger partial charge in [-0.3, -0.25) is 9.59 Å². The van der Waals surface area contributed by atoms with Crippen molar-refractivity contribution in [2.75, 3.05) is 20.7 Å². The molecule has 0 aliphatic heterocycles. The molecule has 106 valence electrons. The van der Waals surface area contributed by atoms with E-state index in [2.05, 4.69) is 13.8 Å². The van der Waals surface area contributed by atoms with Crippen LogP contribution in [0.15, 0.2) is 0 Å². The summed E-state index contributed by atoms with van der Waals surface area (Å²) in [5.41, 5.74) is 5.40. The van der Waals surface area contributed by atoms with E-state index in [-0.39, 0.29) is 36.3 Å². The van der Waals surface area contributed by atoms with Crippen molar-refractivity contribution in [2.45, 2.75) is 45.8 Å². The first-order valence-corrected chi connectivity index (χ1v) is 6.36. The molecule has 0 aromatic heterocycles. The fraction of sp³-hybridized carbons (Fsp3) is 0.846. The molecule has 2 N–H and O–H groups in total. The van der Waals surface area contributed by atoms with Crippen LogP contribution in [-0.4, -0.2) is 49.4 Å². The number of ether oxygens (including phenoxy) is 1. The number of carbonyl (C=O) groups is 2. The molecular weight excluding hydrogens is 232 g/mol. The Hall–Kier alpha value is -0.940. The highest BCUT2D eigenvalue weighted by Crippen LogP contribution is 2.21. The third-order valence-corrected chi connectivity index (χ3v) is 3.41. The molecule has 0 radical (unpaired) electrons. The average molecular weight is 258 g/mol. The second kappa shape index (κ2) is 8.21. The maximum atomic E-state index is 11.7. The highest BCUT2D eigenvalue weighted by Gasteiger charge is 2.32. The number of hydrogen-bond acceptors (Lipinski definition) is 4. The third-order valence-electron chi connectivity index (χ3n) is 3.41. The molecule has 0 fully saturated rings. The van der Waals surface area contributed by atoms with E-state index >= 15 is 0 Å². The maximum absolute atomic E-state index is 11.7. The van der Waals surface area contributed by atoms with Crippen molar-refractivity contribution in [1.29, 1.82) is 0 Å². The first kappa shape index (κ1) is 17.1. The van der Waals surface area contributed by atoms with Gasteiger partial charge in [0.2, 0.25) is 5.91 Å². The maximum Gasteiger partial charge on any atom is 0.236 e. The summed E-state index contributed by atoms with van der Waals surface area (Å²) < 4.78 is 5.41. The van der Waals surface area contributed by atoms with Crippen LogP contribution in [0, 0.1) is 5.92 Å². The summed E-state index contributed by atoms with van der Waals surface area (Å²) >= 11 is 0. The van der Waals surface area contributed by atoms with Crippen LogP contribution >= 0.6 is 0 Å². The molecule has 0 aliphatic rings. The molecule has 1 amide bonds. The lowest BCUT2D eigenvalue weighted by Gasteiger charge is -2.37. The molecule has 18 heavy (non-hydrogen) atoms. The number of hydrogen-bond donors (Lipinski definition) is 1. The van der Waals surface area contributed by atoms with Crippen LogP contribution in [0.1, 0.15) is 33.6 Å². The third kappa shape index (κ3) is 4.74. The van der Waals surface area contributed by atoms with Gasteiger partial charge in [0.25, 0.3) is 0 Å². The second-order valence-corrected chi connectivity index (χ2v) is 4.77. The SMILES string of the molecule is CC[C@H](C)[C@@H]([C@@H](CC(C)=O)OC)N(C)C(=O)CN. The van der Waals surface area contributed by atoms with Crippen LogP contribution in [-0.2, 0) is 14.3 Å². The van der Waals surface area contributed by atoms with Gasteiger partial charge in [-0.05, 0) is 12.8 Å². The zero-order chi connectivity index (χ0) is 14.3. The van der Waals surface area contributed by atoms with E-state index in [4.69, 9.17) is 10.5 Å². The lowest BCUT2D eigenvalue weighted by molar-refractivity contribution is -0.137. The molecule has 0 saturated carbocycles. The van der Waals surface area contributed by atoms with Crippen molar-refractivity contribution < 1.29 is 14.3 Å².